The Bertz CT molecular complexity index is 580. The van der Waals surface area contributed by atoms with Gasteiger partial charge in [0.15, 0.2) is 0 Å². The van der Waals surface area contributed by atoms with E-state index in [4.69, 9.17) is 4.74 Å². The number of hydrogen-bond donors (Lipinski definition) is 1. The number of aliphatic hydroxyl groups is 1. The minimum Gasteiger partial charge on any atom is -0.387 e. The third kappa shape index (κ3) is 2.74. The van der Waals surface area contributed by atoms with Gasteiger partial charge >= 0.3 is 0 Å². The molecule has 2 heterocycles. The molecule has 0 radical (unpaired) electrons. The highest BCUT2D eigenvalue weighted by molar-refractivity contribution is 5.31. The van der Waals surface area contributed by atoms with E-state index in [2.05, 4.69) is 23.2 Å². The van der Waals surface area contributed by atoms with Gasteiger partial charge in [-0.25, -0.2) is 0 Å². The highest BCUT2D eigenvalue weighted by Gasteiger charge is 2.24. The van der Waals surface area contributed by atoms with Gasteiger partial charge in [0.1, 0.15) is 0 Å². The van der Waals surface area contributed by atoms with Gasteiger partial charge < -0.3 is 9.84 Å². The summed E-state index contributed by atoms with van der Waals surface area (Å²) >= 11 is 0. The Morgan fingerprint density at radius 2 is 2.15 bits per heavy atom. The first kappa shape index (κ1) is 13.3. The lowest BCUT2D eigenvalue weighted by atomic mass is 9.93. The molecule has 1 aliphatic rings. The molecular formula is C17H19NO2. The molecule has 2 aromatic rings. The Kier molecular flexibility index (Phi) is 3.81. The molecule has 20 heavy (non-hydrogen) atoms. The lowest BCUT2D eigenvalue weighted by Gasteiger charge is -2.27. The van der Waals surface area contributed by atoms with Crippen LogP contribution in [0.2, 0.25) is 0 Å². The number of aryl methyl sites for hydroxylation is 1. The number of ether oxygens (including phenoxy) is 1. The predicted molar refractivity (Wildman–Crippen MR) is 77.4 cm³/mol. The number of pyridine rings is 1. The smallest absolute Gasteiger partial charge is 0.0987 e. The zero-order chi connectivity index (χ0) is 13.9. The van der Waals surface area contributed by atoms with E-state index in [9.17, 15) is 5.11 Å². The molecule has 0 saturated carbocycles. The molecule has 0 amide bonds. The molecule has 1 N–H and O–H groups in total. The van der Waals surface area contributed by atoms with Gasteiger partial charge in [0.25, 0.3) is 0 Å². The maximum atomic E-state index is 10.3. The van der Waals surface area contributed by atoms with E-state index in [1.54, 1.807) is 6.20 Å². The molecule has 2 atom stereocenters. The van der Waals surface area contributed by atoms with Gasteiger partial charge in [-0.15, -0.1) is 0 Å². The van der Waals surface area contributed by atoms with Crippen LogP contribution in [-0.2, 0) is 11.2 Å². The van der Waals surface area contributed by atoms with Gasteiger partial charge in [0, 0.05) is 12.6 Å². The fourth-order valence-electron chi connectivity index (χ4n) is 2.67. The van der Waals surface area contributed by atoms with Gasteiger partial charge in [0.05, 0.1) is 24.5 Å². The van der Waals surface area contributed by atoms with Crippen molar-refractivity contribution in [1.29, 1.82) is 0 Å². The maximum Gasteiger partial charge on any atom is 0.0987 e. The summed E-state index contributed by atoms with van der Waals surface area (Å²) in [6, 6.07) is 12.2. The van der Waals surface area contributed by atoms with Gasteiger partial charge in [-0.1, -0.05) is 30.3 Å². The predicted octanol–water partition coefficient (Wildman–Crippen LogP) is 3.13. The van der Waals surface area contributed by atoms with Crippen molar-refractivity contribution in [3.05, 3.63) is 65.0 Å². The summed E-state index contributed by atoms with van der Waals surface area (Å²) in [7, 11) is 0. The number of fused-ring (bicyclic) bond motifs is 1. The van der Waals surface area contributed by atoms with Crippen molar-refractivity contribution in [2.75, 3.05) is 6.61 Å². The van der Waals surface area contributed by atoms with Crippen LogP contribution in [0.4, 0.5) is 0 Å². The van der Waals surface area contributed by atoms with Crippen molar-refractivity contribution in [3.8, 4) is 0 Å². The van der Waals surface area contributed by atoms with E-state index in [1.165, 1.54) is 11.1 Å². The van der Waals surface area contributed by atoms with Crippen LogP contribution < -0.4 is 0 Å². The Hall–Kier alpha value is -1.71. The first-order valence-electron chi connectivity index (χ1n) is 7.04. The van der Waals surface area contributed by atoms with Crippen LogP contribution >= 0.6 is 0 Å². The normalized spacial score (nSPS) is 19.4. The second-order valence-electron chi connectivity index (χ2n) is 5.32. The SMILES string of the molecule is Cc1ccc(C(O)CC2OCCc3ccccc32)nc1. The highest BCUT2D eigenvalue weighted by atomic mass is 16.5. The largest absolute Gasteiger partial charge is 0.387 e. The Labute approximate surface area is 119 Å². The summed E-state index contributed by atoms with van der Waals surface area (Å²) in [5.41, 5.74) is 4.33. The molecule has 3 nitrogen and oxygen atoms in total. The number of benzene rings is 1. The van der Waals surface area contributed by atoms with Crippen molar-refractivity contribution in [3.63, 3.8) is 0 Å². The van der Waals surface area contributed by atoms with Crippen LogP contribution in [-0.4, -0.2) is 16.7 Å². The van der Waals surface area contributed by atoms with Crippen LogP contribution in [0.1, 0.15) is 41.0 Å². The molecular weight excluding hydrogens is 250 g/mol. The molecule has 1 aromatic heterocycles. The highest BCUT2D eigenvalue weighted by Crippen LogP contribution is 2.33. The van der Waals surface area contributed by atoms with Crippen molar-refractivity contribution >= 4 is 0 Å². The fourth-order valence-corrected chi connectivity index (χ4v) is 2.67. The second-order valence-corrected chi connectivity index (χ2v) is 5.32. The summed E-state index contributed by atoms with van der Waals surface area (Å²) in [4.78, 5) is 4.29. The van der Waals surface area contributed by atoms with E-state index in [1.807, 2.05) is 25.1 Å². The van der Waals surface area contributed by atoms with Crippen molar-refractivity contribution in [1.82, 2.24) is 4.98 Å². The molecule has 2 unspecified atom stereocenters. The van der Waals surface area contributed by atoms with Gasteiger partial charge in [-0.05, 0) is 36.1 Å². The van der Waals surface area contributed by atoms with Crippen LogP contribution in [0.5, 0.6) is 0 Å². The molecule has 0 saturated heterocycles. The van der Waals surface area contributed by atoms with Crippen LogP contribution in [0.3, 0.4) is 0 Å². The van der Waals surface area contributed by atoms with E-state index in [0.717, 1.165) is 18.6 Å². The Balaban J connectivity index is 1.77. The molecule has 0 aliphatic carbocycles. The third-order valence-electron chi connectivity index (χ3n) is 3.81. The first-order chi connectivity index (χ1) is 9.74. The number of aromatic nitrogens is 1. The fraction of sp³-hybridized carbons (Fsp3) is 0.353. The lowest BCUT2D eigenvalue weighted by Crippen LogP contribution is -2.18. The standard InChI is InChI=1S/C17H19NO2/c1-12-6-7-15(18-11-12)16(19)10-17-14-5-3-2-4-13(14)8-9-20-17/h2-7,11,16-17,19H,8-10H2,1H3. The van der Waals surface area contributed by atoms with Gasteiger partial charge in [0.2, 0.25) is 0 Å². The molecule has 0 fully saturated rings. The third-order valence-corrected chi connectivity index (χ3v) is 3.81. The number of nitrogens with zero attached hydrogens (tertiary/aromatic N) is 1. The van der Waals surface area contributed by atoms with Crippen LogP contribution in [0, 0.1) is 6.92 Å². The minimum atomic E-state index is -0.591. The van der Waals surface area contributed by atoms with Crippen LogP contribution in [0.15, 0.2) is 42.6 Å². The summed E-state index contributed by atoms with van der Waals surface area (Å²) in [5, 5.41) is 10.3. The molecule has 1 aromatic carbocycles. The van der Waals surface area contributed by atoms with Gasteiger partial charge in [-0.2, -0.15) is 0 Å². The molecule has 1 aliphatic heterocycles. The molecule has 0 bridgehead atoms. The molecule has 104 valence electrons. The molecule has 3 rings (SSSR count). The zero-order valence-electron chi connectivity index (χ0n) is 11.6. The van der Waals surface area contributed by atoms with Crippen molar-refractivity contribution in [2.45, 2.75) is 32.0 Å². The summed E-state index contributed by atoms with van der Waals surface area (Å²) in [6.45, 7) is 2.71. The maximum absolute atomic E-state index is 10.3. The zero-order valence-corrected chi connectivity index (χ0v) is 11.6. The minimum absolute atomic E-state index is 0.0435. The topological polar surface area (TPSA) is 42.4 Å². The van der Waals surface area contributed by atoms with Crippen molar-refractivity contribution in [2.24, 2.45) is 0 Å². The molecule has 3 heteroatoms. The van der Waals surface area contributed by atoms with Crippen LogP contribution in [0.25, 0.3) is 0 Å². The monoisotopic (exact) mass is 269 g/mol. The lowest BCUT2D eigenvalue weighted by molar-refractivity contribution is 0.00281. The average molecular weight is 269 g/mol. The van der Waals surface area contributed by atoms with E-state index in [-0.39, 0.29) is 6.10 Å². The number of aliphatic hydroxyl groups excluding tert-OH is 1. The number of rotatable bonds is 3. The number of hydrogen-bond acceptors (Lipinski definition) is 3. The van der Waals surface area contributed by atoms with E-state index in [0.29, 0.717) is 12.1 Å². The Morgan fingerprint density at radius 1 is 1.30 bits per heavy atom. The molecule has 0 spiro atoms. The first-order valence-corrected chi connectivity index (χ1v) is 7.04. The second kappa shape index (κ2) is 5.73. The summed E-state index contributed by atoms with van der Waals surface area (Å²) < 4.78 is 5.83. The quantitative estimate of drug-likeness (QED) is 0.931. The van der Waals surface area contributed by atoms with E-state index >= 15 is 0 Å². The van der Waals surface area contributed by atoms with Gasteiger partial charge in [-0.3, -0.25) is 4.98 Å². The average Bonchev–Trinajstić information content (AvgIpc) is 2.48. The Morgan fingerprint density at radius 3 is 2.95 bits per heavy atom. The summed E-state index contributed by atoms with van der Waals surface area (Å²) in [5.74, 6) is 0. The van der Waals surface area contributed by atoms with E-state index < -0.39 is 6.10 Å². The summed E-state index contributed by atoms with van der Waals surface area (Å²) in [6.07, 6.45) is 2.65. The van der Waals surface area contributed by atoms with Crippen molar-refractivity contribution < 1.29 is 9.84 Å².